The highest BCUT2D eigenvalue weighted by atomic mass is 16.5. The number of unbranched alkanes of at least 4 members (excludes halogenated alkanes) is 2. The summed E-state index contributed by atoms with van der Waals surface area (Å²) in [4.78, 5) is 95.2. The number of piperidine rings is 3. The minimum atomic E-state index is -0.900. The number of benzene rings is 9. The van der Waals surface area contributed by atoms with E-state index in [4.69, 9.17) is 9.84 Å². The van der Waals surface area contributed by atoms with Crippen molar-refractivity contribution in [2.75, 3.05) is 120 Å². The van der Waals surface area contributed by atoms with Crippen LogP contribution in [0.3, 0.4) is 0 Å². The highest BCUT2D eigenvalue weighted by Gasteiger charge is 2.57. The van der Waals surface area contributed by atoms with Gasteiger partial charge in [0.25, 0.3) is 0 Å². The van der Waals surface area contributed by atoms with Crippen molar-refractivity contribution in [3.63, 3.8) is 0 Å². The Balaban J connectivity index is 0.000000195. The van der Waals surface area contributed by atoms with Crippen LogP contribution < -0.4 is 14.7 Å². The number of carboxylic acid groups (broad SMARTS) is 2. The van der Waals surface area contributed by atoms with E-state index in [1.54, 1.807) is 4.90 Å². The van der Waals surface area contributed by atoms with Crippen LogP contribution in [-0.2, 0) is 49.7 Å². The number of carbonyl (C=O) groups excluding carboxylic acids is 4. The van der Waals surface area contributed by atoms with Gasteiger partial charge >= 0.3 is 17.9 Å². The minimum Gasteiger partial charge on any atom is -0.481 e. The van der Waals surface area contributed by atoms with Crippen molar-refractivity contribution < 1.29 is 43.7 Å². The Kier molecular flexibility index (Phi) is 34.2. The molecular formula is C105H126N12O9. The third-order valence-electron chi connectivity index (χ3n) is 26.4. The first-order valence-electron chi connectivity index (χ1n) is 43.7. The number of carboxylic acids is 2. The zero-order valence-corrected chi connectivity index (χ0v) is 70.7. The molecule has 6 fully saturated rings. The molecule has 0 radical (unpaired) electrons. The smallest absolute Gasteiger partial charge is 0.305 e. The Bertz CT molecular complexity index is 4940. The second kappa shape index (κ2) is 44.9. The largest absolute Gasteiger partial charge is 0.481 e. The summed E-state index contributed by atoms with van der Waals surface area (Å²) in [7, 11) is 0. The van der Waals surface area contributed by atoms with Gasteiger partial charge in [0.05, 0.1) is 51.2 Å². The zero-order valence-electron chi connectivity index (χ0n) is 70.7. The third-order valence-corrected chi connectivity index (χ3v) is 26.4. The monoisotopic (exact) mass is 1700 g/mol. The Morgan fingerprint density at radius 3 is 0.794 bits per heavy atom. The highest BCUT2D eigenvalue weighted by Crippen LogP contribution is 2.46. The number of esters is 1. The number of anilines is 3. The van der Waals surface area contributed by atoms with Gasteiger partial charge in [0, 0.05) is 108 Å². The van der Waals surface area contributed by atoms with Gasteiger partial charge in [-0.2, -0.15) is 15.8 Å². The molecule has 0 bridgehead atoms. The molecule has 9 aromatic carbocycles. The van der Waals surface area contributed by atoms with Gasteiger partial charge in [-0.3, -0.25) is 28.8 Å². The second-order valence-corrected chi connectivity index (χ2v) is 33.3. The molecule has 126 heavy (non-hydrogen) atoms. The maximum Gasteiger partial charge on any atom is 0.305 e. The molecule has 0 saturated carbocycles. The molecule has 6 aliphatic heterocycles. The maximum atomic E-state index is 14.1. The van der Waals surface area contributed by atoms with Crippen LogP contribution in [0, 0.1) is 34.0 Å². The first kappa shape index (κ1) is 95.8. The van der Waals surface area contributed by atoms with Crippen LogP contribution in [0.1, 0.15) is 165 Å². The average Bonchev–Trinajstić information content (AvgIpc) is 1.59. The van der Waals surface area contributed by atoms with E-state index in [-0.39, 0.29) is 65.4 Å². The van der Waals surface area contributed by atoms with Crippen molar-refractivity contribution in [1.82, 2.24) is 29.4 Å². The lowest BCUT2D eigenvalue weighted by molar-refractivity contribution is -0.143. The van der Waals surface area contributed by atoms with Crippen molar-refractivity contribution in [3.05, 3.63) is 306 Å². The number of aliphatic carboxylic acids is 2. The van der Waals surface area contributed by atoms with Crippen molar-refractivity contribution in [2.45, 2.75) is 165 Å². The van der Waals surface area contributed by atoms with E-state index in [9.17, 15) is 49.7 Å². The molecular weight excluding hydrogens is 1570 g/mol. The topological polar surface area (TPSA) is 253 Å². The quantitative estimate of drug-likeness (QED) is 0.0293. The lowest BCUT2D eigenvalue weighted by Crippen LogP contribution is -2.56. The maximum absolute atomic E-state index is 14.1. The molecule has 660 valence electrons. The highest BCUT2D eigenvalue weighted by molar-refractivity contribution is 5.95. The lowest BCUT2D eigenvalue weighted by atomic mass is 9.73. The summed E-state index contributed by atoms with van der Waals surface area (Å²) >= 11 is 0. The first-order valence-corrected chi connectivity index (χ1v) is 43.7. The number of nitrogens with zero attached hydrogens (tertiary/aromatic N) is 12. The van der Waals surface area contributed by atoms with Gasteiger partial charge in [-0.1, -0.05) is 259 Å². The van der Waals surface area contributed by atoms with Crippen molar-refractivity contribution in [1.29, 1.82) is 15.8 Å². The lowest BCUT2D eigenvalue weighted by Gasteiger charge is -2.44. The number of nitriles is 3. The summed E-state index contributed by atoms with van der Waals surface area (Å²) in [6, 6.07) is 98.6. The summed E-state index contributed by atoms with van der Waals surface area (Å²) in [5.74, 6) is -1.52. The predicted molar refractivity (Wildman–Crippen MR) is 498 cm³/mol. The van der Waals surface area contributed by atoms with Gasteiger partial charge in [-0.05, 0) is 160 Å². The number of para-hydroxylation sites is 3. The van der Waals surface area contributed by atoms with Gasteiger partial charge in [0.2, 0.25) is 17.7 Å². The standard InChI is InChI=1S/C36H42N4O3.C34H38N4O3.C32H34N4O3.3CH4/c1-2-43-33(41)20-12-13-24-39-29-40(32-18-10-5-11-19-32)36(34(39)42)22-26-38(27-23-36)25-21-35(28-37,30-14-6-3-7-15-30)31-16-8-4-9-17-31;35-26-33(28-12-4-1-5-13-28,29-14-6-2-7-15-29)19-23-36-24-20-34(21-25-36)32(41)37(22-11-10-18-31(39)40)27-38(34)30-16-8-3-9-17-30;33-24-31(26-10-4-1-5-11-26,27-12-6-2-7-13-27)17-21-34-22-18-32(19-23-34)30(39)35(20-16-29(37)38)25-36(32)28-14-8-3-9-15-28;;;/h3-11,14-19H,2,12-13,20-27,29H2,1H3;1-9,12-17H,10-11,18-25,27H2,(H,39,40);1-15H,16-23,25H2,(H,37,38);3*1H4. The van der Waals surface area contributed by atoms with E-state index in [2.05, 4.69) is 96.1 Å². The molecule has 3 amide bonds. The van der Waals surface area contributed by atoms with Crippen LogP contribution in [-0.4, -0.2) is 197 Å². The average molecular weight is 1700 g/mol. The molecule has 21 heteroatoms. The predicted octanol–water partition coefficient (Wildman–Crippen LogP) is 17.5. The Hall–Kier alpha value is -12.5. The Morgan fingerprint density at radius 1 is 0.333 bits per heavy atom. The number of carbonyl (C=O) groups is 6. The molecule has 0 unspecified atom stereocenters. The summed E-state index contributed by atoms with van der Waals surface area (Å²) in [5, 5.41) is 49.9. The van der Waals surface area contributed by atoms with Crippen LogP contribution in [0.2, 0.25) is 0 Å². The summed E-state index contributed by atoms with van der Waals surface area (Å²) < 4.78 is 5.06. The van der Waals surface area contributed by atoms with E-state index in [0.29, 0.717) is 110 Å². The number of rotatable bonds is 32. The van der Waals surface area contributed by atoms with Gasteiger partial charge in [-0.25, -0.2) is 0 Å². The Labute approximate surface area is 746 Å². The molecule has 0 aliphatic carbocycles. The van der Waals surface area contributed by atoms with Crippen molar-refractivity contribution in [3.8, 4) is 18.2 Å². The summed E-state index contributed by atoms with van der Waals surface area (Å²) in [5.41, 5.74) is 4.98. The van der Waals surface area contributed by atoms with Crippen LogP contribution in [0.25, 0.3) is 0 Å². The third kappa shape index (κ3) is 21.4. The number of amides is 3. The van der Waals surface area contributed by atoms with E-state index >= 15 is 0 Å². The van der Waals surface area contributed by atoms with E-state index in [0.717, 1.165) is 129 Å². The van der Waals surface area contributed by atoms with Crippen LogP contribution >= 0.6 is 0 Å². The SMILES string of the molecule is C.C.C.CCOC(=O)CCCCN1CN(c2ccccc2)C2(CCN(CCC(C#N)(c3ccccc3)c3ccccc3)CC2)C1=O.N#CC(CCN1CCC2(CC1)C(=O)N(CCC(=O)O)CN2c1ccccc1)(c1ccccc1)c1ccccc1.N#CC(CCN1CCC2(CC1)C(=O)N(CCCCC(=O)O)CN2c1ccccc1)(c1ccccc1)c1ccccc1. The Morgan fingerprint density at radius 2 is 0.563 bits per heavy atom. The summed E-state index contributed by atoms with van der Waals surface area (Å²) in [6.07, 6.45) is 9.34. The molecule has 6 heterocycles. The van der Waals surface area contributed by atoms with E-state index in [1.807, 2.05) is 241 Å². The molecule has 0 atom stereocenters. The minimum absolute atomic E-state index is 0. The molecule has 0 aromatic heterocycles. The van der Waals surface area contributed by atoms with Crippen LogP contribution in [0.15, 0.2) is 273 Å². The molecule has 6 aliphatic rings. The van der Waals surface area contributed by atoms with Crippen molar-refractivity contribution >= 4 is 52.7 Å². The first-order chi connectivity index (χ1) is 60.0. The molecule has 21 nitrogen and oxygen atoms in total. The second-order valence-electron chi connectivity index (χ2n) is 33.3. The molecule has 3 spiro atoms. The zero-order chi connectivity index (χ0) is 86.1. The number of hydrogen-bond donors (Lipinski definition) is 2. The normalized spacial score (nSPS) is 16.7. The molecule has 2 N–H and O–H groups in total. The van der Waals surface area contributed by atoms with Gasteiger partial charge in [-0.15, -0.1) is 0 Å². The van der Waals surface area contributed by atoms with Crippen LogP contribution in [0.4, 0.5) is 17.1 Å². The number of ether oxygens (including phenoxy) is 1. The van der Waals surface area contributed by atoms with E-state index in [1.165, 1.54) is 0 Å². The van der Waals surface area contributed by atoms with Gasteiger partial charge < -0.3 is 59.0 Å². The summed E-state index contributed by atoms with van der Waals surface area (Å²) in [6.45, 7) is 11.9. The fraction of sp³-hybridized carbons (Fsp3) is 0.400. The van der Waals surface area contributed by atoms with Crippen LogP contribution in [0.5, 0.6) is 0 Å². The molecule has 9 aromatic rings. The fourth-order valence-corrected chi connectivity index (χ4v) is 19.4. The number of likely N-dealkylation sites (tertiary alicyclic amines) is 3. The van der Waals surface area contributed by atoms with Gasteiger partial charge in [0.1, 0.15) is 32.9 Å². The fourth-order valence-electron chi connectivity index (χ4n) is 19.4. The van der Waals surface area contributed by atoms with Gasteiger partial charge in [0.15, 0.2) is 0 Å². The molecule has 6 saturated heterocycles. The van der Waals surface area contributed by atoms with E-state index < -0.39 is 44.8 Å². The molecule has 15 rings (SSSR count). The van der Waals surface area contributed by atoms with Crippen molar-refractivity contribution in [2.24, 2.45) is 0 Å². The number of hydrogen-bond acceptors (Lipinski definition) is 16.